The third kappa shape index (κ3) is 1.49. The molecule has 0 saturated carbocycles. The van der Waals surface area contributed by atoms with Gasteiger partial charge in [0, 0.05) is 13.1 Å². The molecule has 0 spiro atoms. The lowest BCUT2D eigenvalue weighted by molar-refractivity contribution is 0.569. The van der Waals surface area contributed by atoms with E-state index in [9.17, 15) is 4.79 Å². The summed E-state index contributed by atoms with van der Waals surface area (Å²) in [5.74, 6) is 2.19. The number of carbonyl (C=O) groups excluding carboxylic acids is 1. The molecule has 0 aromatic rings. The third-order valence-corrected chi connectivity index (χ3v) is 3.19. The van der Waals surface area contributed by atoms with E-state index in [4.69, 9.17) is 0 Å². The fourth-order valence-corrected chi connectivity index (χ4v) is 2.11. The van der Waals surface area contributed by atoms with Crippen LogP contribution in [0.3, 0.4) is 0 Å². The molecule has 0 bridgehead atoms. The second-order valence-electron chi connectivity index (χ2n) is 1.89. The van der Waals surface area contributed by atoms with Gasteiger partial charge in [0.15, 0.2) is 5.62 Å². The van der Waals surface area contributed by atoms with E-state index < -0.39 is 0 Å². The van der Waals surface area contributed by atoms with Gasteiger partial charge >= 0.3 is 0 Å². The molecule has 8 heavy (non-hydrogen) atoms. The van der Waals surface area contributed by atoms with Crippen molar-refractivity contribution < 1.29 is 4.79 Å². The SMILES string of the molecule is O=C[SH]1CCNCC1. The van der Waals surface area contributed by atoms with E-state index in [0.717, 1.165) is 30.2 Å². The van der Waals surface area contributed by atoms with Crippen LogP contribution in [0.5, 0.6) is 0 Å². The number of hydrogen-bond donors (Lipinski definition) is 2. The molecular weight excluding hydrogens is 122 g/mol. The molecule has 1 aliphatic rings. The van der Waals surface area contributed by atoms with Gasteiger partial charge in [0.1, 0.15) is 0 Å². The van der Waals surface area contributed by atoms with E-state index in [0.29, 0.717) is 0 Å². The first kappa shape index (κ1) is 6.11. The van der Waals surface area contributed by atoms with E-state index in [1.165, 1.54) is 0 Å². The molecule has 48 valence electrons. The molecule has 0 atom stereocenters. The van der Waals surface area contributed by atoms with Gasteiger partial charge in [-0.1, -0.05) is 0 Å². The molecule has 1 heterocycles. The molecule has 1 N–H and O–H groups in total. The standard InChI is InChI=1S/C5H11NOS/c7-5-8-3-1-6-2-4-8/h5-6,8H,1-4H2. The summed E-state index contributed by atoms with van der Waals surface area (Å²) in [7, 11) is -0.213. The fraction of sp³-hybridized carbons (Fsp3) is 0.800. The summed E-state index contributed by atoms with van der Waals surface area (Å²) in [6, 6.07) is 0. The Balaban J connectivity index is 2.22. The van der Waals surface area contributed by atoms with E-state index >= 15 is 0 Å². The predicted octanol–water partition coefficient (Wildman–Crippen LogP) is -0.219. The van der Waals surface area contributed by atoms with Gasteiger partial charge in [-0.2, -0.15) is 10.9 Å². The maximum absolute atomic E-state index is 10.2. The normalized spacial score (nSPS) is 25.2. The Hall–Kier alpha value is -0.0200. The average molecular weight is 133 g/mol. The number of thiol groups is 1. The number of hydrogen-bond acceptors (Lipinski definition) is 2. The van der Waals surface area contributed by atoms with Crippen LogP contribution in [0.2, 0.25) is 0 Å². The van der Waals surface area contributed by atoms with Gasteiger partial charge in [-0.25, -0.2) is 0 Å². The average Bonchev–Trinajstić information content (AvgIpc) is 1.90. The molecule has 0 aromatic heterocycles. The van der Waals surface area contributed by atoms with E-state index in [-0.39, 0.29) is 10.9 Å². The van der Waals surface area contributed by atoms with Gasteiger partial charge in [-0.3, -0.25) is 4.79 Å². The molecule has 1 fully saturated rings. The number of nitrogens with one attached hydrogen (secondary N) is 1. The molecule has 0 amide bonds. The van der Waals surface area contributed by atoms with Crippen molar-refractivity contribution in [2.24, 2.45) is 0 Å². The van der Waals surface area contributed by atoms with Crippen LogP contribution >= 0.6 is 10.9 Å². The summed E-state index contributed by atoms with van der Waals surface area (Å²) in [6.07, 6.45) is 0. The van der Waals surface area contributed by atoms with Crippen LogP contribution in [-0.2, 0) is 4.79 Å². The third-order valence-electron chi connectivity index (χ3n) is 1.30. The zero-order valence-electron chi connectivity index (χ0n) is 4.76. The highest BCUT2D eigenvalue weighted by Gasteiger charge is 2.05. The summed E-state index contributed by atoms with van der Waals surface area (Å²) in [6.45, 7) is 2.09. The van der Waals surface area contributed by atoms with Crippen molar-refractivity contribution >= 4 is 16.5 Å². The predicted molar refractivity (Wildman–Crippen MR) is 38.3 cm³/mol. The molecule has 1 rings (SSSR count). The molecule has 0 aliphatic carbocycles. The summed E-state index contributed by atoms with van der Waals surface area (Å²) >= 11 is 0. The Morgan fingerprint density at radius 1 is 1.38 bits per heavy atom. The zero-order valence-corrected chi connectivity index (χ0v) is 5.66. The molecule has 0 unspecified atom stereocenters. The first-order valence-electron chi connectivity index (χ1n) is 2.83. The molecule has 1 aliphatic heterocycles. The molecule has 3 heteroatoms. The van der Waals surface area contributed by atoms with Crippen LogP contribution in [0.4, 0.5) is 0 Å². The van der Waals surface area contributed by atoms with Gasteiger partial charge < -0.3 is 5.32 Å². The second-order valence-corrected chi connectivity index (χ2v) is 4.17. The lowest BCUT2D eigenvalue weighted by Crippen LogP contribution is -2.28. The highest BCUT2D eigenvalue weighted by molar-refractivity contribution is 8.28. The number of rotatable bonds is 1. The quantitative estimate of drug-likeness (QED) is 0.382. The fourth-order valence-electron chi connectivity index (χ4n) is 0.788. The topological polar surface area (TPSA) is 29.1 Å². The van der Waals surface area contributed by atoms with Gasteiger partial charge in [0.25, 0.3) is 0 Å². The van der Waals surface area contributed by atoms with Crippen molar-refractivity contribution in [2.45, 2.75) is 0 Å². The summed E-state index contributed by atoms with van der Waals surface area (Å²) in [5, 5.41) is 3.21. The highest BCUT2D eigenvalue weighted by atomic mass is 32.2. The first-order valence-corrected chi connectivity index (χ1v) is 4.61. The Morgan fingerprint density at radius 2 is 2.00 bits per heavy atom. The van der Waals surface area contributed by atoms with Gasteiger partial charge in [-0.15, -0.1) is 0 Å². The van der Waals surface area contributed by atoms with Crippen LogP contribution in [0, 0.1) is 0 Å². The van der Waals surface area contributed by atoms with Crippen molar-refractivity contribution in [1.29, 1.82) is 0 Å². The minimum atomic E-state index is -0.213. The Labute approximate surface area is 52.0 Å². The van der Waals surface area contributed by atoms with Gasteiger partial charge in [0.2, 0.25) is 0 Å². The zero-order chi connectivity index (χ0) is 5.82. The Morgan fingerprint density at radius 3 is 2.38 bits per heavy atom. The maximum Gasteiger partial charge on any atom is 0.156 e. The van der Waals surface area contributed by atoms with E-state index in [1.54, 1.807) is 0 Å². The molecule has 2 nitrogen and oxygen atoms in total. The lowest BCUT2D eigenvalue weighted by Gasteiger charge is -2.20. The van der Waals surface area contributed by atoms with Crippen molar-refractivity contribution in [1.82, 2.24) is 5.32 Å². The Kier molecular flexibility index (Phi) is 2.36. The van der Waals surface area contributed by atoms with E-state index in [2.05, 4.69) is 5.32 Å². The largest absolute Gasteiger partial charge is 0.315 e. The smallest absolute Gasteiger partial charge is 0.156 e. The summed E-state index contributed by atoms with van der Waals surface area (Å²) < 4.78 is 0. The van der Waals surface area contributed by atoms with Crippen molar-refractivity contribution in [3.8, 4) is 0 Å². The monoisotopic (exact) mass is 133 g/mol. The van der Waals surface area contributed by atoms with Gasteiger partial charge in [-0.05, 0) is 11.5 Å². The van der Waals surface area contributed by atoms with E-state index in [1.807, 2.05) is 0 Å². The molecule has 1 saturated heterocycles. The van der Waals surface area contributed by atoms with Crippen LogP contribution in [0.25, 0.3) is 0 Å². The van der Waals surface area contributed by atoms with Crippen molar-refractivity contribution in [3.63, 3.8) is 0 Å². The molecule has 0 aromatic carbocycles. The van der Waals surface area contributed by atoms with Crippen molar-refractivity contribution in [3.05, 3.63) is 0 Å². The van der Waals surface area contributed by atoms with Crippen LogP contribution in [0.1, 0.15) is 0 Å². The van der Waals surface area contributed by atoms with Crippen LogP contribution < -0.4 is 5.32 Å². The summed E-state index contributed by atoms with van der Waals surface area (Å²) in [4.78, 5) is 10.2. The maximum atomic E-state index is 10.2. The highest BCUT2D eigenvalue weighted by Crippen LogP contribution is 2.20. The molecular formula is C5H11NOS. The number of carbonyl (C=O) groups is 1. The minimum absolute atomic E-state index is 0.213. The van der Waals surface area contributed by atoms with Crippen LogP contribution in [0.15, 0.2) is 0 Å². The molecule has 0 radical (unpaired) electrons. The van der Waals surface area contributed by atoms with Crippen molar-refractivity contribution in [2.75, 3.05) is 24.6 Å². The second kappa shape index (κ2) is 3.10. The minimum Gasteiger partial charge on any atom is -0.315 e. The lowest BCUT2D eigenvalue weighted by atomic mass is 10.6. The first-order chi connectivity index (χ1) is 3.93. The van der Waals surface area contributed by atoms with Crippen LogP contribution in [-0.4, -0.2) is 30.2 Å². The summed E-state index contributed by atoms with van der Waals surface area (Å²) in [5.41, 5.74) is 1.14. The van der Waals surface area contributed by atoms with Gasteiger partial charge in [0.05, 0.1) is 0 Å². The Bertz CT molecular complexity index is 80.5.